The maximum Gasteiger partial charge on any atom is 0.262 e. The molecule has 3 rings (SSSR count). The van der Waals surface area contributed by atoms with Crippen molar-refractivity contribution in [3.8, 4) is 5.75 Å². The number of amides is 1. The minimum atomic E-state index is -0.250. The number of aromatic nitrogens is 2. The lowest BCUT2D eigenvalue weighted by Crippen LogP contribution is -2.23. The van der Waals surface area contributed by atoms with E-state index in [0.29, 0.717) is 32.9 Å². The molecule has 0 unspecified atom stereocenters. The zero-order valence-electron chi connectivity index (χ0n) is 15.6. The third-order valence-corrected chi connectivity index (χ3v) is 6.23. The third kappa shape index (κ3) is 4.24. The molecular formula is C19H19BrClN3O3S. The summed E-state index contributed by atoms with van der Waals surface area (Å²) in [5.41, 5.74) is 1.30. The zero-order chi connectivity index (χ0) is 20.4. The van der Waals surface area contributed by atoms with Crippen LogP contribution in [0.5, 0.6) is 5.75 Å². The van der Waals surface area contributed by atoms with Gasteiger partial charge in [-0.3, -0.25) is 14.2 Å². The molecule has 28 heavy (non-hydrogen) atoms. The molecule has 0 aliphatic rings. The molecule has 0 saturated carbocycles. The molecule has 0 bridgehead atoms. The van der Waals surface area contributed by atoms with Crippen molar-refractivity contribution in [2.24, 2.45) is 0 Å². The van der Waals surface area contributed by atoms with Gasteiger partial charge in [-0.25, -0.2) is 4.98 Å². The van der Waals surface area contributed by atoms with Gasteiger partial charge in [-0.15, -0.1) is 11.3 Å². The Morgan fingerprint density at radius 1 is 1.39 bits per heavy atom. The first-order chi connectivity index (χ1) is 13.3. The van der Waals surface area contributed by atoms with Crippen molar-refractivity contribution in [3.63, 3.8) is 0 Å². The summed E-state index contributed by atoms with van der Waals surface area (Å²) in [6, 6.07) is 3.33. The van der Waals surface area contributed by atoms with Gasteiger partial charge in [-0.1, -0.05) is 11.6 Å². The van der Waals surface area contributed by atoms with Crippen LogP contribution < -0.4 is 15.6 Å². The van der Waals surface area contributed by atoms with Gasteiger partial charge in [-0.05, 0) is 54.4 Å². The van der Waals surface area contributed by atoms with E-state index in [9.17, 15) is 9.59 Å². The van der Waals surface area contributed by atoms with Crippen LogP contribution in [0.2, 0.25) is 5.02 Å². The van der Waals surface area contributed by atoms with Crippen molar-refractivity contribution in [1.29, 1.82) is 0 Å². The first kappa shape index (κ1) is 20.8. The molecule has 1 amide bonds. The Hall–Kier alpha value is -1.90. The van der Waals surface area contributed by atoms with Gasteiger partial charge in [0.25, 0.3) is 5.56 Å². The Morgan fingerprint density at radius 3 is 2.86 bits per heavy atom. The molecule has 0 aliphatic heterocycles. The normalized spacial score (nSPS) is 11.0. The second-order valence-electron chi connectivity index (χ2n) is 6.20. The minimum Gasteiger partial charge on any atom is -0.491 e. The average molecular weight is 485 g/mol. The number of halogens is 2. The van der Waals surface area contributed by atoms with Crippen LogP contribution in [0.3, 0.4) is 0 Å². The van der Waals surface area contributed by atoms with E-state index in [2.05, 4.69) is 26.2 Å². The Bertz CT molecular complexity index is 1110. The van der Waals surface area contributed by atoms with E-state index in [4.69, 9.17) is 16.3 Å². The van der Waals surface area contributed by atoms with E-state index in [1.54, 1.807) is 12.1 Å². The third-order valence-electron chi connectivity index (χ3n) is 4.31. The first-order valence-corrected chi connectivity index (χ1v) is 10.7. The molecule has 0 fully saturated rings. The number of nitrogens with zero attached hydrogens (tertiary/aromatic N) is 2. The molecule has 0 spiro atoms. The van der Waals surface area contributed by atoms with Crippen molar-refractivity contribution in [2.75, 3.05) is 11.9 Å². The van der Waals surface area contributed by atoms with Gasteiger partial charge in [0.1, 0.15) is 4.83 Å². The first-order valence-electron chi connectivity index (χ1n) is 8.68. The predicted octanol–water partition coefficient (Wildman–Crippen LogP) is 4.92. The van der Waals surface area contributed by atoms with E-state index in [-0.39, 0.29) is 24.4 Å². The molecule has 9 heteroatoms. The number of hydrogen-bond donors (Lipinski definition) is 1. The molecule has 1 aromatic carbocycles. The van der Waals surface area contributed by atoms with Crippen LogP contribution in [0, 0.1) is 13.8 Å². The highest BCUT2D eigenvalue weighted by atomic mass is 79.9. The number of fused-ring (bicyclic) bond motifs is 1. The van der Waals surface area contributed by atoms with E-state index in [0.717, 1.165) is 15.3 Å². The van der Waals surface area contributed by atoms with Crippen LogP contribution in [-0.2, 0) is 11.3 Å². The number of hydrogen-bond acceptors (Lipinski definition) is 5. The molecule has 2 aromatic heterocycles. The summed E-state index contributed by atoms with van der Waals surface area (Å²) in [5.74, 6) is 0.269. The lowest BCUT2D eigenvalue weighted by Gasteiger charge is -2.14. The van der Waals surface area contributed by atoms with Crippen LogP contribution in [0.25, 0.3) is 10.2 Å². The molecule has 0 saturated heterocycles. The number of carbonyl (C=O) groups excluding carboxylic acids is 1. The van der Waals surface area contributed by atoms with Crippen molar-refractivity contribution in [3.05, 3.63) is 48.7 Å². The number of thiophene rings is 1. The second-order valence-corrected chi connectivity index (χ2v) is 8.70. The number of benzene rings is 1. The second kappa shape index (κ2) is 8.63. The molecule has 3 aromatic rings. The highest BCUT2D eigenvalue weighted by molar-refractivity contribution is 9.10. The van der Waals surface area contributed by atoms with Gasteiger partial charge < -0.3 is 10.1 Å². The maximum absolute atomic E-state index is 12.7. The Balaban J connectivity index is 1.77. The highest BCUT2D eigenvalue weighted by Gasteiger charge is 2.15. The smallest absolute Gasteiger partial charge is 0.262 e. The van der Waals surface area contributed by atoms with Crippen LogP contribution in [0.4, 0.5) is 5.69 Å². The van der Waals surface area contributed by atoms with Gasteiger partial charge in [0.15, 0.2) is 5.75 Å². The van der Waals surface area contributed by atoms with Crippen molar-refractivity contribution in [1.82, 2.24) is 9.55 Å². The summed E-state index contributed by atoms with van der Waals surface area (Å²) < 4.78 is 7.71. The van der Waals surface area contributed by atoms with Crippen LogP contribution in [-0.4, -0.2) is 22.1 Å². The van der Waals surface area contributed by atoms with E-state index < -0.39 is 0 Å². The maximum atomic E-state index is 12.7. The molecule has 2 heterocycles. The summed E-state index contributed by atoms with van der Waals surface area (Å²) in [5, 5.41) is 3.91. The van der Waals surface area contributed by atoms with E-state index >= 15 is 0 Å². The SMILES string of the molecule is CCOc1c(Br)cc(Cl)cc1NC(=O)CCn1cnc2sc(C)c(C)c2c1=O. The van der Waals surface area contributed by atoms with Gasteiger partial charge in [0, 0.05) is 22.9 Å². The molecule has 0 radical (unpaired) electrons. The largest absolute Gasteiger partial charge is 0.491 e. The minimum absolute atomic E-state index is 0.116. The number of carbonyl (C=O) groups is 1. The molecule has 0 atom stereocenters. The summed E-state index contributed by atoms with van der Waals surface area (Å²) in [6.45, 7) is 6.42. The Kier molecular flexibility index (Phi) is 6.42. The number of aryl methyl sites for hydroxylation is 3. The fourth-order valence-corrected chi connectivity index (χ4v) is 4.72. The fourth-order valence-electron chi connectivity index (χ4n) is 2.81. The lowest BCUT2D eigenvalue weighted by atomic mass is 10.2. The van der Waals surface area contributed by atoms with Gasteiger partial charge in [0.05, 0.1) is 28.5 Å². The standard InChI is InChI=1S/C19H19BrClN3O3S/c1-4-27-17-13(20)7-12(21)8-14(17)23-15(25)5-6-24-9-22-18-16(19(24)26)10(2)11(3)28-18/h7-9H,4-6H2,1-3H3,(H,23,25). The zero-order valence-corrected chi connectivity index (χ0v) is 18.8. The van der Waals surface area contributed by atoms with Crippen molar-refractivity contribution < 1.29 is 9.53 Å². The highest BCUT2D eigenvalue weighted by Crippen LogP contribution is 2.36. The number of anilines is 1. The van der Waals surface area contributed by atoms with E-state index in [1.807, 2.05) is 20.8 Å². The quantitative estimate of drug-likeness (QED) is 0.539. The summed E-state index contributed by atoms with van der Waals surface area (Å²) in [4.78, 5) is 31.3. The Labute approximate surface area is 179 Å². The predicted molar refractivity (Wildman–Crippen MR) is 117 cm³/mol. The van der Waals surface area contributed by atoms with Gasteiger partial charge in [-0.2, -0.15) is 0 Å². The molecule has 1 N–H and O–H groups in total. The van der Waals surface area contributed by atoms with Crippen LogP contribution in [0.1, 0.15) is 23.8 Å². The molecule has 148 valence electrons. The lowest BCUT2D eigenvalue weighted by molar-refractivity contribution is -0.116. The molecule has 0 aliphatic carbocycles. The van der Waals surface area contributed by atoms with Crippen molar-refractivity contribution >= 4 is 60.7 Å². The van der Waals surface area contributed by atoms with Gasteiger partial charge >= 0.3 is 0 Å². The van der Waals surface area contributed by atoms with Crippen LogP contribution >= 0.6 is 38.9 Å². The summed E-state index contributed by atoms with van der Waals surface area (Å²) in [7, 11) is 0. The average Bonchev–Trinajstić information content (AvgIpc) is 2.92. The van der Waals surface area contributed by atoms with Gasteiger partial charge in [0.2, 0.25) is 5.91 Å². The summed E-state index contributed by atoms with van der Waals surface area (Å²) >= 11 is 11.0. The topological polar surface area (TPSA) is 73.2 Å². The number of rotatable bonds is 6. The summed E-state index contributed by atoms with van der Waals surface area (Å²) in [6.07, 6.45) is 1.61. The van der Waals surface area contributed by atoms with E-state index in [1.165, 1.54) is 22.2 Å². The molecule has 6 nitrogen and oxygen atoms in total. The van der Waals surface area contributed by atoms with Crippen molar-refractivity contribution in [2.45, 2.75) is 33.7 Å². The fraction of sp³-hybridized carbons (Fsp3) is 0.316. The monoisotopic (exact) mass is 483 g/mol. The van der Waals surface area contributed by atoms with Crippen LogP contribution in [0.15, 0.2) is 27.7 Å². The Morgan fingerprint density at radius 2 is 2.14 bits per heavy atom. The molecular weight excluding hydrogens is 466 g/mol. The number of nitrogens with one attached hydrogen (secondary N) is 1. The number of ether oxygens (including phenoxy) is 1.